The molecule has 0 aromatic carbocycles. The Kier molecular flexibility index (Phi) is 4.97. The van der Waals surface area contributed by atoms with Crippen LogP contribution in [0.1, 0.15) is 32.6 Å². The van der Waals surface area contributed by atoms with Gasteiger partial charge in [0.05, 0.1) is 18.8 Å². The van der Waals surface area contributed by atoms with Crippen LogP contribution in [0.3, 0.4) is 0 Å². The molecule has 0 saturated carbocycles. The second-order valence-corrected chi connectivity index (χ2v) is 6.96. The lowest BCUT2D eigenvalue weighted by Crippen LogP contribution is -2.71. The van der Waals surface area contributed by atoms with Gasteiger partial charge >= 0.3 is 0 Å². The van der Waals surface area contributed by atoms with Gasteiger partial charge in [-0.15, -0.1) is 0 Å². The molecule has 0 atom stereocenters. The summed E-state index contributed by atoms with van der Waals surface area (Å²) in [7, 11) is 0. The maximum atomic E-state index is 5.56. The summed E-state index contributed by atoms with van der Waals surface area (Å²) in [6.45, 7) is 12.9. The molecule has 0 aromatic rings. The Balaban J connectivity index is 1.47. The average Bonchev–Trinajstić information content (AvgIpc) is 2.46. The second kappa shape index (κ2) is 6.73. The van der Waals surface area contributed by atoms with Crippen LogP contribution in [0.25, 0.3) is 0 Å². The van der Waals surface area contributed by atoms with E-state index in [2.05, 4.69) is 22.0 Å². The smallest absolute Gasteiger partial charge is 0.0807 e. The van der Waals surface area contributed by atoms with E-state index in [1.807, 2.05) is 0 Å². The van der Waals surface area contributed by atoms with Crippen molar-refractivity contribution in [3.8, 4) is 0 Å². The summed E-state index contributed by atoms with van der Waals surface area (Å²) in [6, 6.07) is 0. The summed E-state index contributed by atoms with van der Waals surface area (Å²) >= 11 is 0. The molecule has 3 aliphatic heterocycles. The Morgan fingerprint density at radius 2 is 1.95 bits per heavy atom. The van der Waals surface area contributed by atoms with Crippen LogP contribution in [0.2, 0.25) is 0 Å². The van der Waals surface area contributed by atoms with E-state index in [4.69, 9.17) is 4.74 Å². The zero-order chi connectivity index (χ0) is 13.8. The minimum Gasteiger partial charge on any atom is -0.377 e. The number of ether oxygens (including phenoxy) is 1. The third kappa shape index (κ3) is 3.19. The fraction of sp³-hybridized carbons (Fsp3) is 1.00. The molecular formula is C16H31N3O. The molecule has 3 heterocycles. The van der Waals surface area contributed by atoms with E-state index in [1.165, 1.54) is 71.5 Å². The van der Waals surface area contributed by atoms with Gasteiger partial charge in [0.2, 0.25) is 0 Å². The lowest BCUT2D eigenvalue weighted by Gasteiger charge is -2.55. The van der Waals surface area contributed by atoms with Gasteiger partial charge in [0.25, 0.3) is 0 Å². The summed E-state index contributed by atoms with van der Waals surface area (Å²) in [5.41, 5.74) is 0.363. The largest absolute Gasteiger partial charge is 0.377 e. The quantitative estimate of drug-likeness (QED) is 0.819. The zero-order valence-corrected chi connectivity index (χ0v) is 13.1. The minimum atomic E-state index is 0.363. The molecule has 3 saturated heterocycles. The highest BCUT2D eigenvalue weighted by atomic mass is 16.5. The highest BCUT2D eigenvalue weighted by molar-refractivity contribution is 5.02. The summed E-state index contributed by atoms with van der Waals surface area (Å²) < 4.78 is 5.56. The van der Waals surface area contributed by atoms with E-state index in [9.17, 15) is 0 Å². The van der Waals surface area contributed by atoms with Gasteiger partial charge in [0, 0.05) is 19.6 Å². The van der Waals surface area contributed by atoms with Crippen molar-refractivity contribution in [2.45, 2.75) is 38.1 Å². The molecule has 3 aliphatic rings. The Morgan fingerprint density at radius 3 is 2.60 bits per heavy atom. The molecule has 0 aromatic heterocycles. The summed E-state index contributed by atoms with van der Waals surface area (Å²) in [5.74, 6) is 0.957. The predicted octanol–water partition coefficient (Wildman–Crippen LogP) is 1.17. The highest BCUT2D eigenvalue weighted by Crippen LogP contribution is 2.30. The lowest BCUT2D eigenvalue weighted by atomic mass is 9.90. The van der Waals surface area contributed by atoms with Gasteiger partial charge in [-0.25, -0.2) is 0 Å². The van der Waals surface area contributed by atoms with Crippen molar-refractivity contribution in [3.63, 3.8) is 0 Å². The highest BCUT2D eigenvalue weighted by Gasteiger charge is 2.47. The lowest BCUT2D eigenvalue weighted by molar-refractivity contribution is -0.169. The predicted molar refractivity (Wildman–Crippen MR) is 82.1 cm³/mol. The number of piperidine rings is 1. The monoisotopic (exact) mass is 281 g/mol. The first-order valence-corrected chi connectivity index (χ1v) is 8.58. The van der Waals surface area contributed by atoms with Crippen LogP contribution in [0.4, 0.5) is 0 Å². The van der Waals surface area contributed by atoms with Crippen LogP contribution >= 0.6 is 0 Å². The SMILES string of the molecule is CCCN1CCN(CCC2CCNCC2)CC12COC2. The van der Waals surface area contributed by atoms with Gasteiger partial charge in [-0.2, -0.15) is 0 Å². The standard InChI is InChI=1S/C16H31N3O/c1-2-8-19-11-10-18(12-16(19)13-20-14-16)9-5-15-3-6-17-7-4-15/h15,17H,2-14H2,1H3. The fourth-order valence-electron chi connectivity index (χ4n) is 4.05. The van der Waals surface area contributed by atoms with Crippen molar-refractivity contribution in [2.75, 3.05) is 59.0 Å². The van der Waals surface area contributed by atoms with E-state index in [1.54, 1.807) is 0 Å². The van der Waals surface area contributed by atoms with Crippen LogP contribution in [-0.2, 0) is 4.74 Å². The number of nitrogens with zero attached hydrogens (tertiary/aromatic N) is 2. The molecular weight excluding hydrogens is 250 g/mol. The molecule has 0 unspecified atom stereocenters. The second-order valence-electron chi connectivity index (χ2n) is 6.96. The van der Waals surface area contributed by atoms with E-state index < -0.39 is 0 Å². The van der Waals surface area contributed by atoms with E-state index in [0.717, 1.165) is 19.1 Å². The topological polar surface area (TPSA) is 27.7 Å². The molecule has 20 heavy (non-hydrogen) atoms. The molecule has 4 heteroatoms. The number of hydrogen-bond donors (Lipinski definition) is 1. The number of rotatable bonds is 5. The summed E-state index contributed by atoms with van der Waals surface area (Å²) in [4.78, 5) is 5.40. The van der Waals surface area contributed by atoms with Gasteiger partial charge in [-0.1, -0.05) is 6.92 Å². The van der Waals surface area contributed by atoms with Crippen LogP contribution < -0.4 is 5.32 Å². The Bertz CT molecular complexity index is 300. The van der Waals surface area contributed by atoms with Crippen molar-refractivity contribution in [1.29, 1.82) is 0 Å². The normalized spacial score (nSPS) is 28.6. The molecule has 1 spiro atoms. The van der Waals surface area contributed by atoms with Crippen LogP contribution in [0.5, 0.6) is 0 Å². The van der Waals surface area contributed by atoms with Gasteiger partial charge < -0.3 is 15.0 Å². The maximum absolute atomic E-state index is 5.56. The van der Waals surface area contributed by atoms with Gasteiger partial charge in [-0.05, 0) is 57.8 Å². The van der Waals surface area contributed by atoms with Crippen molar-refractivity contribution in [2.24, 2.45) is 5.92 Å². The molecule has 3 rings (SSSR count). The maximum Gasteiger partial charge on any atom is 0.0807 e. The Labute approximate surface area is 123 Å². The average molecular weight is 281 g/mol. The molecule has 0 amide bonds. The van der Waals surface area contributed by atoms with Crippen molar-refractivity contribution >= 4 is 0 Å². The first-order valence-electron chi connectivity index (χ1n) is 8.58. The van der Waals surface area contributed by atoms with Gasteiger partial charge in [0.1, 0.15) is 0 Å². The van der Waals surface area contributed by atoms with E-state index >= 15 is 0 Å². The van der Waals surface area contributed by atoms with Crippen LogP contribution in [0, 0.1) is 5.92 Å². The molecule has 3 fully saturated rings. The minimum absolute atomic E-state index is 0.363. The first kappa shape index (κ1) is 14.8. The van der Waals surface area contributed by atoms with Crippen molar-refractivity contribution in [3.05, 3.63) is 0 Å². The molecule has 116 valence electrons. The Hall–Kier alpha value is -0.160. The summed E-state index contributed by atoms with van der Waals surface area (Å²) in [5, 5.41) is 3.47. The van der Waals surface area contributed by atoms with Crippen LogP contribution in [0.15, 0.2) is 0 Å². The molecule has 4 nitrogen and oxygen atoms in total. The number of hydrogen-bond acceptors (Lipinski definition) is 4. The summed E-state index contributed by atoms with van der Waals surface area (Å²) in [6.07, 6.45) is 5.41. The number of nitrogens with one attached hydrogen (secondary N) is 1. The molecule has 1 N–H and O–H groups in total. The zero-order valence-electron chi connectivity index (χ0n) is 13.1. The van der Waals surface area contributed by atoms with Crippen molar-refractivity contribution < 1.29 is 4.74 Å². The first-order chi connectivity index (χ1) is 9.82. The fourth-order valence-corrected chi connectivity index (χ4v) is 4.05. The molecule has 0 bridgehead atoms. The van der Waals surface area contributed by atoms with Crippen molar-refractivity contribution in [1.82, 2.24) is 15.1 Å². The third-order valence-electron chi connectivity index (χ3n) is 5.42. The Morgan fingerprint density at radius 1 is 1.15 bits per heavy atom. The molecule has 0 aliphatic carbocycles. The number of piperazine rings is 1. The van der Waals surface area contributed by atoms with E-state index in [-0.39, 0.29) is 0 Å². The van der Waals surface area contributed by atoms with Gasteiger partial charge in [-0.3, -0.25) is 4.90 Å². The van der Waals surface area contributed by atoms with Crippen LogP contribution in [-0.4, -0.2) is 74.4 Å². The van der Waals surface area contributed by atoms with E-state index in [0.29, 0.717) is 5.54 Å². The van der Waals surface area contributed by atoms with Gasteiger partial charge in [0.15, 0.2) is 0 Å². The molecule has 0 radical (unpaired) electrons. The third-order valence-corrected chi connectivity index (χ3v) is 5.42.